The van der Waals surface area contributed by atoms with Crippen molar-refractivity contribution in [2.24, 2.45) is 40.1 Å². The van der Waals surface area contributed by atoms with Crippen molar-refractivity contribution in [3.8, 4) is 0 Å². The molecule has 1 saturated heterocycles. The second-order valence-corrected chi connectivity index (χ2v) is 19.4. The van der Waals surface area contributed by atoms with Gasteiger partial charge in [0.1, 0.15) is 42.5 Å². The highest BCUT2D eigenvalue weighted by Crippen LogP contribution is 2.19. The van der Waals surface area contributed by atoms with Crippen LogP contribution in [0.3, 0.4) is 0 Å². The number of hydrogen-bond acceptors (Lipinski definition) is 13. The summed E-state index contributed by atoms with van der Waals surface area (Å²) in [4.78, 5) is 128. The number of guanidine groups is 1. The molecule has 2 rings (SSSR count). The number of aliphatic carboxylic acids is 1. The zero-order valence-electron chi connectivity index (χ0n) is 44.8. The number of nitrogens with zero attached hydrogens (tertiary/aromatic N) is 2. The average Bonchev–Trinajstić information content (AvgIpc) is 3.35. The maximum Gasteiger partial charge on any atom is 0.328 e. The van der Waals surface area contributed by atoms with Crippen LogP contribution >= 0.6 is 0 Å². The third kappa shape index (κ3) is 22.1. The number of likely N-dealkylation sites (N-methyl/N-ethyl adjacent to an activating group) is 1. The largest absolute Gasteiger partial charge is 0.480 e. The van der Waals surface area contributed by atoms with E-state index < -0.39 is 126 Å². The van der Waals surface area contributed by atoms with Gasteiger partial charge in [0.25, 0.3) is 5.91 Å². The average molecular weight is 1050 g/mol. The second kappa shape index (κ2) is 31.6. The molecule has 0 aliphatic carbocycles. The van der Waals surface area contributed by atoms with Gasteiger partial charge in [0, 0.05) is 33.0 Å². The molecule has 1 aromatic rings. The lowest BCUT2D eigenvalue weighted by atomic mass is 9.94. The van der Waals surface area contributed by atoms with Gasteiger partial charge in [-0.3, -0.25) is 38.6 Å². The van der Waals surface area contributed by atoms with Crippen LogP contribution in [0, 0.1) is 23.7 Å². The molecule has 1 aliphatic heterocycles. The minimum absolute atomic E-state index is 0.00236. The number of carbonyl (C=O) groups is 9. The highest BCUT2D eigenvalue weighted by atomic mass is 16.5. The summed E-state index contributed by atoms with van der Waals surface area (Å²) in [5, 5.41) is 35.6. The number of amides is 7. The first kappa shape index (κ1) is 64.0. The summed E-state index contributed by atoms with van der Waals surface area (Å²) in [6.45, 7) is 15.9. The number of ether oxygens (including phenoxy) is 2. The van der Waals surface area contributed by atoms with Crippen molar-refractivity contribution < 1.29 is 62.8 Å². The molecule has 0 spiro atoms. The molecule has 11 atom stereocenters. The lowest BCUT2D eigenvalue weighted by Gasteiger charge is -2.29. The van der Waals surface area contributed by atoms with Crippen LogP contribution in [0.1, 0.15) is 93.1 Å². The normalized spacial score (nSPS) is 25.0. The van der Waals surface area contributed by atoms with E-state index in [1.54, 1.807) is 33.1 Å². The molecule has 1 aromatic carbocycles. The van der Waals surface area contributed by atoms with Crippen LogP contribution in [0.4, 0.5) is 0 Å². The van der Waals surface area contributed by atoms with E-state index in [1.807, 2.05) is 50.3 Å². The molecule has 0 saturated carbocycles. The van der Waals surface area contributed by atoms with E-state index in [0.717, 1.165) is 10.5 Å². The minimum Gasteiger partial charge on any atom is -0.480 e. The number of carbonyl (C=O) groups excluding carboxylic acids is 8. The molecule has 0 aromatic heterocycles. The third-order valence-corrected chi connectivity index (χ3v) is 12.4. The summed E-state index contributed by atoms with van der Waals surface area (Å²) in [6, 6.07) is 1.09. The molecular weight excluding hydrogens is 973 g/mol. The van der Waals surface area contributed by atoms with E-state index in [4.69, 9.17) is 20.9 Å². The molecule has 75 heavy (non-hydrogen) atoms. The molecule has 23 heteroatoms. The first-order valence-corrected chi connectivity index (χ1v) is 25.0. The van der Waals surface area contributed by atoms with Crippen LogP contribution in [0.25, 0.3) is 0 Å². The van der Waals surface area contributed by atoms with Gasteiger partial charge in [-0.15, -0.1) is 0 Å². The Kier molecular flexibility index (Phi) is 26.9. The number of methoxy groups -OCH3 is 1. The van der Waals surface area contributed by atoms with Gasteiger partial charge in [-0.1, -0.05) is 95.3 Å². The summed E-state index contributed by atoms with van der Waals surface area (Å²) in [5.41, 5.74) is 12.4. The summed E-state index contributed by atoms with van der Waals surface area (Å²) in [6.07, 6.45) is 3.65. The maximum atomic E-state index is 14.5. The van der Waals surface area contributed by atoms with Crippen molar-refractivity contribution in [3.05, 3.63) is 72.0 Å². The van der Waals surface area contributed by atoms with Crippen molar-refractivity contribution in [2.75, 3.05) is 27.3 Å². The fraction of sp³-hybridized carbons (Fsp3) is 0.577. The predicted octanol–water partition coefficient (Wildman–Crippen LogP) is 0.458. The van der Waals surface area contributed by atoms with Crippen LogP contribution in [-0.2, 0) is 59.0 Å². The highest BCUT2D eigenvalue weighted by molar-refractivity contribution is 6.00. The molecule has 12 N–H and O–H groups in total. The Morgan fingerprint density at radius 3 is 2.07 bits per heavy atom. The van der Waals surface area contributed by atoms with Crippen molar-refractivity contribution in [2.45, 2.75) is 142 Å². The third-order valence-electron chi connectivity index (χ3n) is 12.4. The lowest BCUT2D eigenvalue weighted by molar-refractivity contribution is -0.151. The fourth-order valence-corrected chi connectivity index (χ4v) is 7.75. The Labute approximate surface area is 439 Å². The summed E-state index contributed by atoms with van der Waals surface area (Å²) < 4.78 is 11.1. The Morgan fingerprint density at radius 1 is 0.867 bits per heavy atom. The lowest BCUT2D eigenvalue weighted by Crippen LogP contribution is -2.59. The van der Waals surface area contributed by atoms with E-state index in [9.17, 15) is 53.4 Å². The van der Waals surface area contributed by atoms with Gasteiger partial charge in [-0.25, -0.2) is 9.59 Å². The van der Waals surface area contributed by atoms with Crippen molar-refractivity contribution >= 4 is 59.2 Å². The van der Waals surface area contributed by atoms with Gasteiger partial charge in [0.15, 0.2) is 5.96 Å². The number of carboxylic acids is 1. The summed E-state index contributed by atoms with van der Waals surface area (Å²) in [5.74, 6) is -12.1. The van der Waals surface area contributed by atoms with E-state index in [2.05, 4.69) is 43.5 Å². The molecule has 0 radical (unpaired) electrons. The number of nitrogens with two attached hydrogens (primary N) is 2. The number of carboxylic acid groups (broad SMARTS) is 1. The monoisotopic (exact) mass is 1050 g/mol. The molecular formula is C52H80N10O13. The standard InChI is InChI=1S/C52H80N10O13/c1-28(2)24-40-49(70)61-43(50(71)72)33(7)45(66)58-38(18-15-23-55-52(53)54)48(69)57-37(20-19-29(3)25-30(4)41(74-11)26-36-16-13-12-14-17-36)32(6)44(65)59-39(51(73)75-27-31(5)63)21-22-42(64)62(10)35(9)47(68)56-34(8)46(67)60-40/h12-14,16-17,19-20,25,28,30-34,37-41,43,63H,9,15,18,21-24,26-27H2,1-8,10-11H3,(H,56,68)(H,57,69)(H,58,66)(H,59,65)(H,60,67)(H,61,70)(H,71,72)(H4,53,54,55)/b20-19+,29-25+/t30-,31?,32-,33-,34+,37?,38?,39+,40-,41-,43?/m0/s1. The number of esters is 1. The number of nitrogens with one attached hydrogen (secondary N) is 6. The van der Waals surface area contributed by atoms with E-state index >= 15 is 0 Å². The number of aliphatic hydroxyl groups is 1. The minimum atomic E-state index is -1.89. The Hall–Kier alpha value is -7.14. The Balaban J connectivity index is 2.81. The quantitative estimate of drug-likeness (QED) is 0.0253. The molecule has 416 valence electrons. The summed E-state index contributed by atoms with van der Waals surface area (Å²) in [7, 11) is 2.84. The SMILES string of the molecule is C=C1C(=O)N[C@H](C)C(=O)N[C@@H](CC(C)C)C(=O)NC(C(=O)O)[C@H](C)C(=O)NC(CCCN=C(N)N)C(=O)NC(/C=C/C(C)=C/[C@H](C)[C@H](Cc2ccccc2)OC)[C@H](C)C(=O)N[C@@H](C(=O)OCC(C)O)CCC(=O)N1C. The molecule has 1 heterocycles. The maximum absolute atomic E-state index is 14.5. The number of rotatable bonds is 17. The van der Waals surface area contributed by atoms with Crippen molar-refractivity contribution in [1.29, 1.82) is 0 Å². The summed E-state index contributed by atoms with van der Waals surface area (Å²) >= 11 is 0. The first-order chi connectivity index (χ1) is 35.2. The van der Waals surface area contributed by atoms with Gasteiger partial charge < -0.3 is 68.0 Å². The zero-order chi connectivity index (χ0) is 56.7. The van der Waals surface area contributed by atoms with Crippen molar-refractivity contribution in [3.63, 3.8) is 0 Å². The fourth-order valence-electron chi connectivity index (χ4n) is 7.75. The van der Waals surface area contributed by atoms with E-state index in [-0.39, 0.29) is 56.1 Å². The Morgan fingerprint density at radius 2 is 1.48 bits per heavy atom. The predicted molar refractivity (Wildman–Crippen MR) is 279 cm³/mol. The smallest absolute Gasteiger partial charge is 0.328 e. The number of allylic oxidation sites excluding steroid dienone is 2. The second-order valence-electron chi connectivity index (χ2n) is 19.4. The molecule has 1 aliphatic rings. The van der Waals surface area contributed by atoms with Gasteiger partial charge >= 0.3 is 11.9 Å². The molecule has 23 nitrogen and oxygen atoms in total. The number of aliphatic hydroxyl groups excluding tert-OH is 1. The van der Waals surface area contributed by atoms with Crippen LogP contribution < -0.4 is 43.4 Å². The number of aliphatic imine (C=N–C) groups is 1. The first-order valence-electron chi connectivity index (χ1n) is 25.0. The number of benzene rings is 1. The topological polar surface area (TPSA) is 352 Å². The van der Waals surface area contributed by atoms with Gasteiger partial charge in [0.05, 0.1) is 30.1 Å². The van der Waals surface area contributed by atoms with Gasteiger partial charge in [-0.2, -0.15) is 0 Å². The van der Waals surface area contributed by atoms with Crippen LogP contribution in [-0.4, -0.2) is 150 Å². The highest BCUT2D eigenvalue weighted by Gasteiger charge is 2.38. The van der Waals surface area contributed by atoms with Crippen LogP contribution in [0.15, 0.2) is 71.4 Å². The molecule has 0 bridgehead atoms. The zero-order valence-corrected chi connectivity index (χ0v) is 44.8. The Bertz CT molecular complexity index is 2250. The van der Waals surface area contributed by atoms with E-state index in [1.165, 1.54) is 34.7 Å². The molecule has 1 fully saturated rings. The van der Waals surface area contributed by atoms with Gasteiger partial charge in [0.2, 0.25) is 35.4 Å². The molecule has 4 unspecified atom stereocenters. The van der Waals surface area contributed by atoms with Gasteiger partial charge in [-0.05, 0) is 64.4 Å². The number of hydrogen-bond donors (Lipinski definition) is 10. The van der Waals surface area contributed by atoms with E-state index in [0.29, 0.717) is 12.0 Å². The van der Waals surface area contributed by atoms with Crippen LogP contribution in [0.2, 0.25) is 0 Å². The molecule has 7 amide bonds. The van der Waals surface area contributed by atoms with Crippen molar-refractivity contribution in [1.82, 2.24) is 36.8 Å². The van der Waals surface area contributed by atoms with Crippen LogP contribution in [0.5, 0.6) is 0 Å².